The van der Waals surface area contributed by atoms with Gasteiger partial charge in [0.25, 0.3) is 0 Å². The number of alkyl halides is 2. The highest BCUT2D eigenvalue weighted by molar-refractivity contribution is 6.23. The molecule has 1 fully saturated rings. The molecule has 0 aromatic heterocycles. The zero-order valence-electron chi connectivity index (χ0n) is 14.6. The summed E-state index contributed by atoms with van der Waals surface area (Å²) in [5.41, 5.74) is -0.192. The van der Waals surface area contributed by atoms with Crippen LogP contribution >= 0.6 is 23.2 Å². The van der Waals surface area contributed by atoms with E-state index in [1.54, 1.807) is 0 Å². The molecule has 22 heavy (non-hydrogen) atoms. The Morgan fingerprint density at radius 3 is 2.45 bits per heavy atom. The number of piperazine rings is 1. The summed E-state index contributed by atoms with van der Waals surface area (Å²) in [6.07, 6.45) is 1.38. The van der Waals surface area contributed by atoms with Crippen LogP contribution < -0.4 is 10.6 Å². The second kappa shape index (κ2) is 10.3. The molecule has 132 valence electrons. The van der Waals surface area contributed by atoms with Gasteiger partial charge in [0.2, 0.25) is 0 Å². The number of nitrogens with zero attached hydrogens (tertiary/aromatic N) is 3. The smallest absolute Gasteiger partial charge is 0.115 e. The van der Waals surface area contributed by atoms with Crippen LogP contribution in [-0.2, 0) is 0 Å². The van der Waals surface area contributed by atoms with Crippen molar-refractivity contribution in [3.63, 3.8) is 0 Å². The molecule has 0 amide bonds. The van der Waals surface area contributed by atoms with Gasteiger partial charge >= 0.3 is 0 Å². The average Bonchev–Trinajstić information content (AvgIpc) is 2.49. The normalized spacial score (nSPS) is 28.5. The third-order valence-corrected chi connectivity index (χ3v) is 5.35. The Hall–Kier alpha value is 0.380. The zero-order valence-corrected chi connectivity index (χ0v) is 16.2. The van der Waals surface area contributed by atoms with Crippen LogP contribution in [0.5, 0.6) is 0 Å². The van der Waals surface area contributed by atoms with Crippen molar-refractivity contribution < 1.29 is 0 Å². The lowest BCUT2D eigenvalue weighted by atomic mass is 10.2. The number of hydrogen-bond acceptors (Lipinski definition) is 5. The highest BCUT2D eigenvalue weighted by Crippen LogP contribution is 2.20. The van der Waals surface area contributed by atoms with Gasteiger partial charge in [0.15, 0.2) is 0 Å². The fraction of sp³-hybridized carbons (Fsp3) is 1.00. The molecule has 0 bridgehead atoms. The first kappa shape index (κ1) is 20.4. The Morgan fingerprint density at radius 2 is 1.91 bits per heavy atom. The first-order valence-corrected chi connectivity index (χ1v) is 9.20. The highest BCUT2D eigenvalue weighted by Gasteiger charge is 2.35. The van der Waals surface area contributed by atoms with E-state index in [9.17, 15) is 0 Å². The van der Waals surface area contributed by atoms with Crippen LogP contribution in [0.15, 0.2) is 0 Å². The lowest BCUT2D eigenvalue weighted by Gasteiger charge is -2.43. The van der Waals surface area contributed by atoms with Crippen molar-refractivity contribution >= 4 is 23.2 Å². The monoisotopic (exact) mass is 353 g/mol. The standard InChI is InChI=1S/C15H33Cl2N5/c1-6-21(7-2)9-8-10-22-13(16)11-18-15(14(22)17)19-12(3)20(4)5/h12-15,18-19H,6-11H2,1-5H3. The van der Waals surface area contributed by atoms with Gasteiger partial charge in [0.05, 0.1) is 17.8 Å². The van der Waals surface area contributed by atoms with E-state index in [0.29, 0.717) is 0 Å². The molecular weight excluding hydrogens is 321 g/mol. The maximum atomic E-state index is 6.66. The minimum absolute atomic E-state index is 0.0440. The van der Waals surface area contributed by atoms with Gasteiger partial charge in [0.1, 0.15) is 5.50 Å². The Labute approximate surface area is 146 Å². The quantitative estimate of drug-likeness (QED) is 0.373. The Kier molecular flexibility index (Phi) is 9.55. The fourth-order valence-electron chi connectivity index (χ4n) is 2.61. The van der Waals surface area contributed by atoms with E-state index in [1.807, 2.05) is 0 Å². The highest BCUT2D eigenvalue weighted by atomic mass is 35.5. The molecule has 1 rings (SSSR count). The summed E-state index contributed by atoms with van der Waals surface area (Å²) in [6, 6.07) is 0. The number of hydrogen-bond donors (Lipinski definition) is 2. The molecule has 1 saturated heterocycles. The average molecular weight is 354 g/mol. The third kappa shape index (κ3) is 6.11. The van der Waals surface area contributed by atoms with Gasteiger partial charge in [-0.2, -0.15) is 0 Å². The van der Waals surface area contributed by atoms with E-state index in [2.05, 4.69) is 60.2 Å². The van der Waals surface area contributed by atoms with Crippen LogP contribution in [0.4, 0.5) is 0 Å². The maximum Gasteiger partial charge on any atom is 0.115 e. The maximum absolute atomic E-state index is 6.66. The predicted octanol–water partition coefficient (Wildman–Crippen LogP) is 1.58. The van der Waals surface area contributed by atoms with E-state index >= 15 is 0 Å². The summed E-state index contributed by atoms with van der Waals surface area (Å²) in [5, 5.41) is 6.91. The second-order valence-electron chi connectivity index (χ2n) is 6.12. The van der Waals surface area contributed by atoms with Gasteiger partial charge in [-0.15, -0.1) is 23.2 Å². The molecule has 0 aromatic rings. The van der Waals surface area contributed by atoms with Crippen LogP contribution in [0.1, 0.15) is 27.2 Å². The summed E-state index contributed by atoms with van der Waals surface area (Å²) >= 11 is 13.1. The van der Waals surface area contributed by atoms with Crippen LogP contribution in [0.25, 0.3) is 0 Å². The lowest BCUT2D eigenvalue weighted by molar-refractivity contribution is 0.105. The molecule has 0 aromatic carbocycles. The van der Waals surface area contributed by atoms with Gasteiger partial charge in [-0.1, -0.05) is 13.8 Å². The van der Waals surface area contributed by atoms with Gasteiger partial charge in [-0.05, 0) is 47.1 Å². The summed E-state index contributed by atoms with van der Waals surface area (Å²) in [5.74, 6) is 0. The summed E-state index contributed by atoms with van der Waals surface area (Å²) < 4.78 is 0. The van der Waals surface area contributed by atoms with Crippen molar-refractivity contribution in [1.82, 2.24) is 25.3 Å². The van der Waals surface area contributed by atoms with E-state index < -0.39 is 0 Å². The third-order valence-electron chi connectivity index (χ3n) is 4.44. The summed E-state index contributed by atoms with van der Waals surface area (Å²) in [6.45, 7) is 11.5. The lowest BCUT2D eigenvalue weighted by Crippen LogP contribution is -2.66. The van der Waals surface area contributed by atoms with E-state index in [-0.39, 0.29) is 23.3 Å². The zero-order chi connectivity index (χ0) is 16.7. The Morgan fingerprint density at radius 1 is 1.27 bits per heavy atom. The van der Waals surface area contributed by atoms with E-state index in [1.165, 1.54) is 0 Å². The Bertz CT molecular complexity index is 302. The molecule has 1 aliphatic rings. The number of nitrogens with one attached hydrogen (secondary N) is 2. The molecule has 0 aliphatic carbocycles. The van der Waals surface area contributed by atoms with Crippen molar-refractivity contribution in [2.45, 2.75) is 50.5 Å². The van der Waals surface area contributed by atoms with Gasteiger partial charge in [-0.3, -0.25) is 20.4 Å². The Balaban J connectivity index is 2.49. The van der Waals surface area contributed by atoms with Gasteiger partial charge in [0, 0.05) is 13.1 Å². The SMILES string of the molecule is CCN(CC)CCCN1C(Cl)CNC(NC(C)N(C)C)C1Cl. The topological polar surface area (TPSA) is 33.8 Å². The largest absolute Gasteiger partial charge is 0.304 e. The molecule has 7 heteroatoms. The molecule has 0 saturated carbocycles. The molecule has 0 radical (unpaired) electrons. The molecular formula is C15H33Cl2N5. The van der Waals surface area contributed by atoms with Crippen molar-refractivity contribution in [3.8, 4) is 0 Å². The predicted molar refractivity (Wildman–Crippen MR) is 96.5 cm³/mol. The minimum atomic E-state index is -0.143. The van der Waals surface area contributed by atoms with E-state index in [4.69, 9.17) is 23.2 Å². The first-order chi connectivity index (χ1) is 10.4. The van der Waals surface area contributed by atoms with Crippen molar-refractivity contribution in [2.24, 2.45) is 0 Å². The molecule has 5 nitrogen and oxygen atoms in total. The number of rotatable bonds is 9. The second-order valence-corrected chi connectivity index (χ2v) is 7.07. The van der Waals surface area contributed by atoms with Gasteiger partial charge in [-0.25, -0.2) is 0 Å². The van der Waals surface area contributed by atoms with Crippen molar-refractivity contribution in [1.29, 1.82) is 0 Å². The molecule has 1 heterocycles. The van der Waals surface area contributed by atoms with Crippen LogP contribution in [0, 0.1) is 0 Å². The van der Waals surface area contributed by atoms with E-state index in [0.717, 1.165) is 39.1 Å². The van der Waals surface area contributed by atoms with Crippen LogP contribution in [-0.4, -0.2) is 84.9 Å². The molecule has 1 aliphatic heterocycles. The van der Waals surface area contributed by atoms with Crippen molar-refractivity contribution in [2.75, 3.05) is 46.8 Å². The molecule has 2 N–H and O–H groups in total. The van der Waals surface area contributed by atoms with Crippen molar-refractivity contribution in [3.05, 3.63) is 0 Å². The summed E-state index contributed by atoms with van der Waals surface area (Å²) in [4.78, 5) is 6.75. The number of halogens is 2. The summed E-state index contributed by atoms with van der Waals surface area (Å²) in [7, 11) is 4.10. The molecule has 4 atom stereocenters. The van der Waals surface area contributed by atoms with Crippen LogP contribution in [0.2, 0.25) is 0 Å². The minimum Gasteiger partial charge on any atom is -0.304 e. The fourth-order valence-corrected chi connectivity index (χ4v) is 3.37. The van der Waals surface area contributed by atoms with Gasteiger partial charge < -0.3 is 4.90 Å². The van der Waals surface area contributed by atoms with Crippen LogP contribution in [0.3, 0.4) is 0 Å². The molecule has 4 unspecified atom stereocenters. The first-order valence-electron chi connectivity index (χ1n) is 8.32. The molecule has 0 spiro atoms.